The molecule has 3 heterocycles. The Labute approximate surface area is 218 Å². The number of aliphatic hydroxyl groups excluding tert-OH is 1. The van der Waals surface area contributed by atoms with E-state index in [0.717, 1.165) is 0 Å². The van der Waals surface area contributed by atoms with Gasteiger partial charge in [-0.1, -0.05) is 23.2 Å². The molecule has 9 nitrogen and oxygen atoms in total. The number of rotatable bonds is 5. The van der Waals surface area contributed by atoms with E-state index in [1.54, 1.807) is 36.4 Å². The number of hydrogen-bond donors (Lipinski definition) is 1. The van der Waals surface area contributed by atoms with E-state index < -0.39 is 29.6 Å². The van der Waals surface area contributed by atoms with Gasteiger partial charge in [0.1, 0.15) is 11.5 Å². The third kappa shape index (κ3) is 4.73. The van der Waals surface area contributed by atoms with E-state index in [4.69, 9.17) is 32.7 Å². The Kier molecular flexibility index (Phi) is 7.70. The molecule has 1 unspecified atom stereocenters. The van der Waals surface area contributed by atoms with Gasteiger partial charge >= 0.3 is 6.09 Å². The molecule has 1 aromatic heterocycles. The maximum Gasteiger partial charge on any atom is 0.409 e. The standard InChI is InChI=1S/C25H25Cl2N3O6/c1-3-36-25(34)29-10-6-16(7-11-29)30-20(14-4-8-28-9-5-14)19(22(32)24(30)33)21(31)17-12-15(26)13-18(27)23(17)35-2/h4-5,8-9,12-13,16,20,31H,3,6-7,10-11H2,1-2H3/b21-19+. The van der Waals surface area contributed by atoms with Crippen LogP contribution < -0.4 is 4.74 Å². The molecule has 11 heteroatoms. The van der Waals surface area contributed by atoms with Gasteiger partial charge in [0.2, 0.25) is 0 Å². The monoisotopic (exact) mass is 533 g/mol. The Hall–Kier alpha value is -3.30. The molecule has 2 aromatic rings. The van der Waals surface area contributed by atoms with Gasteiger partial charge in [-0.05, 0) is 49.6 Å². The number of carbonyl (C=O) groups excluding carboxylic acids is 3. The third-order valence-electron chi connectivity index (χ3n) is 6.35. The van der Waals surface area contributed by atoms with E-state index in [1.165, 1.54) is 24.1 Å². The van der Waals surface area contributed by atoms with E-state index in [-0.39, 0.29) is 39.6 Å². The molecule has 1 N–H and O–H groups in total. The molecule has 0 aliphatic carbocycles. The number of amides is 2. The number of likely N-dealkylation sites (tertiary alicyclic amines) is 2. The molecule has 1 aromatic carbocycles. The molecular weight excluding hydrogens is 509 g/mol. The molecule has 190 valence electrons. The van der Waals surface area contributed by atoms with Crippen molar-refractivity contribution in [3.8, 4) is 5.75 Å². The third-order valence-corrected chi connectivity index (χ3v) is 6.85. The number of halogens is 2. The average Bonchev–Trinajstić information content (AvgIpc) is 3.14. The van der Waals surface area contributed by atoms with Crippen molar-refractivity contribution in [1.29, 1.82) is 0 Å². The van der Waals surface area contributed by atoms with Crippen LogP contribution in [0.15, 0.2) is 42.2 Å². The zero-order valence-electron chi connectivity index (χ0n) is 19.7. The molecule has 2 aliphatic heterocycles. The van der Waals surface area contributed by atoms with Crippen LogP contribution in [0.4, 0.5) is 4.79 Å². The normalized spacial score (nSPS) is 20.1. The van der Waals surface area contributed by atoms with E-state index in [1.807, 2.05) is 0 Å². The second-order valence-electron chi connectivity index (χ2n) is 8.37. The molecule has 0 spiro atoms. The van der Waals surface area contributed by atoms with Gasteiger partial charge in [0, 0.05) is 36.5 Å². The number of carbonyl (C=O) groups is 3. The summed E-state index contributed by atoms with van der Waals surface area (Å²) in [4.78, 5) is 46.0. The predicted octanol–water partition coefficient (Wildman–Crippen LogP) is 4.44. The number of pyridine rings is 1. The SMILES string of the molecule is CCOC(=O)N1CCC(N2C(=O)C(=O)/C(=C(/O)c3cc(Cl)cc(Cl)c3OC)C2c2ccncc2)CC1. The Balaban J connectivity index is 1.79. The van der Waals surface area contributed by atoms with E-state index in [2.05, 4.69) is 4.98 Å². The summed E-state index contributed by atoms with van der Waals surface area (Å²) in [5.74, 6) is -1.89. The Morgan fingerprint density at radius 1 is 1.17 bits per heavy atom. The van der Waals surface area contributed by atoms with Crippen molar-refractivity contribution in [3.05, 3.63) is 63.4 Å². The molecule has 2 aliphatic rings. The number of Topliss-reactive ketones (excluding diaryl/α,β-unsaturated/α-hetero) is 1. The summed E-state index contributed by atoms with van der Waals surface area (Å²) < 4.78 is 10.4. The Morgan fingerprint density at radius 3 is 2.44 bits per heavy atom. The van der Waals surface area contributed by atoms with Gasteiger partial charge in [0.15, 0.2) is 0 Å². The number of piperidine rings is 1. The van der Waals surface area contributed by atoms with Gasteiger partial charge in [-0.3, -0.25) is 14.6 Å². The lowest BCUT2D eigenvalue weighted by Gasteiger charge is -2.38. The minimum atomic E-state index is -0.880. The van der Waals surface area contributed by atoms with Gasteiger partial charge < -0.3 is 24.4 Å². The zero-order valence-corrected chi connectivity index (χ0v) is 21.3. The van der Waals surface area contributed by atoms with Gasteiger partial charge in [-0.25, -0.2) is 4.79 Å². The number of hydrogen-bond acceptors (Lipinski definition) is 7. The summed E-state index contributed by atoms with van der Waals surface area (Å²) in [5, 5.41) is 11.8. The highest BCUT2D eigenvalue weighted by Crippen LogP contribution is 2.44. The first-order chi connectivity index (χ1) is 17.3. The van der Waals surface area contributed by atoms with Crippen molar-refractivity contribution in [2.45, 2.75) is 31.8 Å². The first-order valence-corrected chi connectivity index (χ1v) is 12.2. The topological polar surface area (TPSA) is 109 Å². The van der Waals surface area contributed by atoms with E-state index in [9.17, 15) is 19.5 Å². The second-order valence-corrected chi connectivity index (χ2v) is 9.22. The number of aromatic nitrogens is 1. The Morgan fingerprint density at radius 2 is 1.83 bits per heavy atom. The molecule has 2 fully saturated rings. The van der Waals surface area contributed by atoms with Crippen molar-refractivity contribution in [2.24, 2.45) is 0 Å². The van der Waals surface area contributed by atoms with Crippen LogP contribution in [0.2, 0.25) is 10.0 Å². The zero-order chi connectivity index (χ0) is 26.0. The van der Waals surface area contributed by atoms with E-state index in [0.29, 0.717) is 31.5 Å². The molecule has 2 saturated heterocycles. The van der Waals surface area contributed by atoms with Crippen LogP contribution in [0, 0.1) is 0 Å². The Bertz CT molecular complexity index is 1210. The number of aliphatic hydroxyl groups is 1. The first kappa shape index (κ1) is 25.8. The van der Waals surface area contributed by atoms with Crippen LogP contribution in [0.1, 0.15) is 36.9 Å². The smallest absolute Gasteiger partial charge is 0.409 e. The van der Waals surface area contributed by atoms with Crippen molar-refractivity contribution < 1.29 is 29.0 Å². The summed E-state index contributed by atoms with van der Waals surface area (Å²) in [6, 6.07) is 5.03. The quantitative estimate of drug-likeness (QED) is 0.343. The average molecular weight is 534 g/mol. The van der Waals surface area contributed by atoms with Crippen LogP contribution in [0.5, 0.6) is 5.75 Å². The molecular formula is C25H25Cl2N3O6. The van der Waals surface area contributed by atoms with Crippen LogP contribution in [-0.2, 0) is 14.3 Å². The lowest BCUT2D eigenvalue weighted by atomic mass is 9.94. The van der Waals surface area contributed by atoms with Crippen LogP contribution in [0.25, 0.3) is 5.76 Å². The molecule has 36 heavy (non-hydrogen) atoms. The summed E-state index contributed by atoms with van der Waals surface area (Å²) >= 11 is 12.4. The van der Waals surface area contributed by atoms with Crippen molar-refractivity contribution in [3.63, 3.8) is 0 Å². The number of methoxy groups -OCH3 is 1. The lowest BCUT2D eigenvalue weighted by molar-refractivity contribution is -0.142. The second kappa shape index (κ2) is 10.8. The van der Waals surface area contributed by atoms with Gasteiger partial charge in [-0.2, -0.15) is 0 Å². The minimum Gasteiger partial charge on any atom is -0.507 e. The highest BCUT2D eigenvalue weighted by atomic mass is 35.5. The van der Waals surface area contributed by atoms with Crippen molar-refractivity contribution in [2.75, 3.05) is 26.8 Å². The first-order valence-electron chi connectivity index (χ1n) is 11.4. The summed E-state index contributed by atoms with van der Waals surface area (Å²) in [5.41, 5.74) is 0.602. The van der Waals surface area contributed by atoms with Gasteiger partial charge in [0.25, 0.3) is 11.7 Å². The molecule has 0 saturated carbocycles. The highest BCUT2D eigenvalue weighted by Gasteiger charge is 2.49. The number of ketones is 1. The van der Waals surface area contributed by atoms with Gasteiger partial charge in [-0.15, -0.1) is 0 Å². The number of benzene rings is 1. The summed E-state index contributed by atoms with van der Waals surface area (Å²) in [6.07, 6.45) is 3.58. The van der Waals surface area contributed by atoms with Crippen LogP contribution >= 0.6 is 23.2 Å². The van der Waals surface area contributed by atoms with Crippen LogP contribution in [-0.4, -0.2) is 70.5 Å². The van der Waals surface area contributed by atoms with Crippen molar-refractivity contribution in [1.82, 2.24) is 14.8 Å². The lowest BCUT2D eigenvalue weighted by Crippen LogP contribution is -2.48. The maximum absolute atomic E-state index is 13.4. The fraction of sp³-hybridized carbons (Fsp3) is 0.360. The fourth-order valence-electron chi connectivity index (χ4n) is 4.73. The molecule has 4 rings (SSSR count). The summed E-state index contributed by atoms with van der Waals surface area (Å²) in [6.45, 7) is 2.74. The predicted molar refractivity (Wildman–Crippen MR) is 133 cm³/mol. The van der Waals surface area contributed by atoms with Gasteiger partial charge in [0.05, 0.1) is 35.9 Å². The minimum absolute atomic E-state index is 0.101. The molecule has 0 radical (unpaired) electrons. The maximum atomic E-state index is 13.4. The largest absolute Gasteiger partial charge is 0.507 e. The van der Waals surface area contributed by atoms with Crippen molar-refractivity contribution >= 4 is 46.7 Å². The molecule has 1 atom stereocenters. The molecule has 2 amide bonds. The number of ether oxygens (including phenoxy) is 2. The highest BCUT2D eigenvalue weighted by molar-refractivity contribution is 6.47. The number of nitrogens with zero attached hydrogens (tertiary/aromatic N) is 3. The fourth-order valence-corrected chi connectivity index (χ4v) is 5.30. The van der Waals surface area contributed by atoms with Crippen LogP contribution in [0.3, 0.4) is 0 Å². The van der Waals surface area contributed by atoms with E-state index >= 15 is 0 Å². The molecule has 0 bridgehead atoms. The summed E-state index contributed by atoms with van der Waals surface area (Å²) in [7, 11) is 1.38.